The lowest BCUT2D eigenvalue weighted by Gasteiger charge is -2.15. The van der Waals surface area contributed by atoms with Gasteiger partial charge in [0, 0.05) is 18.3 Å². The Morgan fingerprint density at radius 1 is 1.20 bits per heavy atom. The van der Waals surface area contributed by atoms with Gasteiger partial charge in [-0.2, -0.15) is 5.10 Å². The van der Waals surface area contributed by atoms with E-state index in [0.29, 0.717) is 12.2 Å². The third-order valence-electron chi connectivity index (χ3n) is 4.03. The number of benzene rings is 1. The fourth-order valence-electron chi connectivity index (χ4n) is 2.72. The fourth-order valence-corrected chi connectivity index (χ4v) is 2.72. The van der Waals surface area contributed by atoms with Crippen molar-refractivity contribution in [2.75, 3.05) is 0 Å². The van der Waals surface area contributed by atoms with Crippen LogP contribution in [0.3, 0.4) is 0 Å². The van der Waals surface area contributed by atoms with Crippen molar-refractivity contribution >= 4 is 0 Å². The molecule has 7 heteroatoms. The van der Waals surface area contributed by atoms with Crippen molar-refractivity contribution in [2.24, 2.45) is 0 Å². The number of hydrogen-bond donors (Lipinski definition) is 1. The second-order valence-corrected chi connectivity index (χ2v) is 6.03. The third kappa shape index (κ3) is 3.76. The predicted octanol–water partition coefficient (Wildman–Crippen LogP) is 4.27. The van der Waals surface area contributed by atoms with E-state index in [1.54, 1.807) is 0 Å². The first-order valence-electron chi connectivity index (χ1n) is 8.05. The minimum atomic E-state index is -2.65. The molecule has 1 N–H and O–H groups in total. The standard InChI is InChI=1S/C18H20F2N4O/c1-11-8-12(2)24(22-11)16-7-5-4-6-14(16)10-21-13(3)15-9-17(18(19)20)25-23-15/h4-9,13,18,21H,10H2,1-3H3. The van der Waals surface area contributed by atoms with Gasteiger partial charge in [-0.25, -0.2) is 13.5 Å². The molecule has 0 aliphatic carbocycles. The monoisotopic (exact) mass is 346 g/mol. The zero-order chi connectivity index (χ0) is 18.0. The summed E-state index contributed by atoms with van der Waals surface area (Å²) >= 11 is 0. The van der Waals surface area contributed by atoms with E-state index in [0.717, 1.165) is 22.6 Å². The maximum absolute atomic E-state index is 12.6. The molecule has 1 atom stereocenters. The maximum atomic E-state index is 12.6. The molecular formula is C18H20F2N4O. The molecule has 0 saturated heterocycles. The van der Waals surface area contributed by atoms with Gasteiger partial charge in [0.1, 0.15) is 5.69 Å². The predicted molar refractivity (Wildman–Crippen MR) is 89.8 cm³/mol. The molecule has 0 spiro atoms. The molecule has 3 rings (SSSR count). The second kappa shape index (κ2) is 7.14. The normalized spacial score (nSPS) is 12.7. The number of nitrogens with one attached hydrogen (secondary N) is 1. The molecule has 0 radical (unpaired) electrons. The lowest BCUT2D eigenvalue weighted by Crippen LogP contribution is -2.19. The van der Waals surface area contributed by atoms with Gasteiger partial charge in [0.25, 0.3) is 6.43 Å². The Morgan fingerprint density at radius 2 is 1.96 bits per heavy atom. The number of rotatable bonds is 6. The summed E-state index contributed by atoms with van der Waals surface area (Å²) in [4.78, 5) is 0. The average Bonchev–Trinajstić information content (AvgIpc) is 3.19. The van der Waals surface area contributed by atoms with Gasteiger partial charge in [-0.3, -0.25) is 0 Å². The minimum Gasteiger partial charge on any atom is -0.355 e. The number of nitrogens with zero attached hydrogens (tertiary/aromatic N) is 3. The summed E-state index contributed by atoms with van der Waals surface area (Å²) in [6, 6.07) is 11.0. The van der Waals surface area contributed by atoms with Crippen LogP contribution < -0.4 is 5.32 Å². The number of halogens is 2. The Kier molecular flexibility index (Phi) is 4.94. The zero-order valence-electron chi connectivity index (χ0n) is 14.3. The molecule has 25 heavy (non-hydrogen) atoms. The van der Waals surface area contributed by atoms with E-state index in [1.807, 2.05) is 55.8 Å². The van der Waals surface area contributed by atoms with Crippen molar-refractivity contribution in [1.29, 1.82) is 0 Å². The molecule has 0 aliphatic rings. The van der Waals surface area contributed by atoms with Gasteiger partial charge in [0.15, 0.2) is 0 Å². The van der Waals surface area contributed by atoms with Crippen LogP contribution in [0.1, 0.15) is 47.8 Å². The average molecular weight is 346 g/mol. The molecule has 1 unspecified atom stereocenters. The van der Waals surface area contributed by atoms with Crippen LogP contribution in [0, 0.1) is 13.8 Å². The van der Waals surface area contributed by atoms with Crippen LogP contribution in [0.2, 0.25) is 0 Å². The van der Waals surface area contributed by atoms with Crippen molar-refractivity contribution in [3.05, 3.63) is 64.8 Å². The largest absolute Gasteiger partial charge is 0.355 e. The van der Waals surface area contributed by atoms with Crippen LogP contribution in [-0.4, -0.2) is 14.9 Å². The number of hydrogen-bond acceptors (Lipinski definition) is 4. The van der Waals surface area contributed by atoms with Gasteiger partial charge < -0.3 is 9.84 Å². The summed E-state index contributed by atoms with van der Waals surface area (Å²) in [5.41, 5.74) is 4.50. The van der Waals surface area contributed by atoms with E-state index in [-0.39, 0.29) is 6.04 Å². The first-order chi connectivity index (χ1) is 12.0. The third-order valence-corrected chi connectivity index (χ3v) is 4.03. The summed E-state index contributed by atoms with van der Waals surface area (Å²) in [7, 11) is 0. The second-order valence-electron chi connectivity index (χ2n) is 6.03. The van der Waals surface area contributed by atoms with E-state index >= 15 is 0 Å². The van der Waals surface area contributed by atoms with E-state index in [4.69, 9.17) is 0 Å². The summed E-state index contributed by atoms with van der Waals surface area (Å²) in [5, 5.41) is 11.5. The molecule has 0 aliphatic heterocycles. The Labute approximate surface area is 144 Å². The van der Waals surface area contributed by atoms with Crippen molar-refractivity contribution in [3.63, 3.8) is 0 Å². The fraction of sp³-hybridized carbons (Fsp3) is 0.333. The van der Waals surface area contributed by atoms with E-state index in [2.05, 4.69) is 20.1 Å². The van der Waals surface area contributed by atoms with Crippen molar-refractivity contribution in [1.82, 2.24) is 20.3 Å². The summed E-state index contributed by atoms with van der Waals surface area (Å²) < 4.78 is 31.8. The molecule has 0 bridgehead atoms. The van der Waals surface area contributed by atoms with Crippen molar-refractivity contribution in [3.8, 4) is 5.69 Å². The minimum absolute atomic E-state index is 0.218. The Morgan fingerprint density at radius 3 is 2.60 bits per heavy atom. The summed E-state index contributed by atoms with van der Waals surface area (Å²) in [6.07, 6.45) is -2.65. The zero-order valence-corrected chi connectivity index (χ0v) is 14.3. The van der Waals surface area contributed by atoms with E-state index in [9.17, 15) is 8.78 Å². The van der Waals surface area contributed by atoms with Gasteiger partial charge in [0.2, 0.25) is 5.76 Å². The highest BCUT2D eigenvalue weighted by Crippen LogP contribution is 2.23. The Hall–Kier alpha value is -2.54. The van der Waals surface area contributed by atoms with Gasteiger partial charge >= 0.3 is 0 Å². The highest BCUT2D eigenvalue weighted by Gasteiger charge is 2.18. The number of para-hydroxylation sites is 1. The molecule has 3 aromatic rings. The first-order valence-corrected chi connectivity index (χ1v) is 8.05. The van der Waals surface area contributed by atoms with Crippen LogP contribution in [-0.2, 0) is 6.54 Å². The van der Waals surface area contributed by atoms with E-state index in [1.165, 1.54) is 6.07 Å². The lowest BCUT2D eigenvalue weighted by molar-refractivity contribution is 0.112. The number of aromatic nitrogens is 3. The molecule has 2 heterocycles. The molecule has 0 saturated carbocycles. The Bertz CT molecular complexity index is 856. The molecule has 0 amide bonds. The van der Waals surface area contributed by atoms with Crippen molar-refractivity contribution in [2.45, 2.75) is 39.8 Å². The van der Waals surface area contributed by atoms with E-state index < -0.39 is 12.2 Å². The molecule has 2 aromatic heterocycles. The number of alkyl halides is 2. The Balaban J connectivity index is 1.76. The highest BCUT2D eigenvalue weighted by molar-refractivity contribution is 5.42. The van der Waals surface area contributed by atoms with Crippen LogP contribution in [0.15, 0.2) is 40.9 Å². The number of aryl methyl sites for hydroxylation is 2. The molecule has 0 fully saturated rings. The quantitative estimate of drug-likeness (QED) is 0.724. The topological polar surface area (TPSA) is 55.9 Å². The molecule has 132 valence electrons. The maximum Gasteiger partial charge on any atom is 0.298 e. The van der Waals surface area contributed by atoms with Crippen LogP contribution in [0.5, 0.6) is 0 Å². The van der Waals surface area contributed by atoms with Gasteiger partial charge in [-0.05, 0) is 38.5 Å². The molecule has 1 aromatic carbocycles. The SMILES string of the molecule is Cc1cc(C)n(-c2ccccc2CNC(C)c2cc(C(F)F)on2)n1. The lowest BCUT2D eigenvalue weighted by atomic mass is 10.1. The first kappa shape index (κ1) is 17.3. The molecule has 5 nitrogen and oxygen atoms in total. The van der Waals surface area contributed by atoms with Gasteiger partial charge in [-0.1, -0.05) is 23.4 Å². The smallest absolute Gasteiger partial charge is 0.298 e. The van der Waals surface area contributed by atoms with Crippen LogP contribution in [0.4, 0.5) is 8.78 Å². The van der Waals surface area contributed by atoms with Gasteiger partial charge in [0.05, 0.1) is 17.4 Å². The summed E-state index contributed by atoms with van der Waals surface area (Å²) in [5.74, 6) is -0.410. The van der Waals surface area contributed by atoms with Crippen molar-refractivity contribution < 1.29 is 13.3 Å². The highest BCUT2D eigenvalue weighted by atomic mass is 19.3. The summed E-state index contributed by atoms with van der Waals surface area (Å²) in [6.45, 7) is 6.37. The van der Waals surface area contributed by atoms with Gasteiger partial charge in [-0.15, -0.1) is 0 Å². The van der Waals surface area contributed by atoms with Crippen LogP contribution in [0.25, 0.3) is 5.69 Å². The molecular weight excluding hydrogens is 326 g/mol. The van der Waals surface area contributed by atoms with Crippen LogP contribution >= 0.6 is 0 Å².